The van der Waals surface area contributed by atoms with E-state index in [9.17, 15) is 4.79 Å². The van der Waals surface area contributed by atoms with Crippen molar-refractivity contribution in [1.29, 1.82) is 0 Å². The van der Waals surface area contributed by atoms with Gasteiger partial charge in [0, 0.05) is 12.2 Å². The lowest BCUT2D eigenvalue weighted by Crippen LogP contribution is -2.29. The lowest BCUT2D eigenvalue weighted by molar-refractivity contribution is -0.126. The summed E-state index contributed by atoms with van der Waals surface area (Å²) in [4.78, 5) is 11.9. The molecule has 1 aromatic rings. The molecule has 0 bridgehead atoms. The van der Waals surface area contributed by atoms with Gasteiger partial charge in [0.05, 0.1) is 16.1 Å². The lowest BCUT2D eigenvalue weighted by atomic mass is 10.2. The second kappa shape index (κ2) is 7.31. The van der Waals surface area contributed by atoms with Crippen LogP contribution in [0.25, 0.3) is 0 Å². The fourth-order valence-corrected chi connectivity index (χ4v) is 2.17. The van der Waals surface area contributed by atoms with Gasteiger partial charge in [-0.3, -0.25) is 4.79 Å². The van der Waals surface area contributed by atoms with Gasteiger partial charge in [-0.05, 0) is 31.0 Å². The molecule has 3 N–H and O–H groups in total. The van der Waals surface area contributed by atoms with Crippen molar-refractivity contribution in [3.63, 3.8) is 0 Å². The number of halogens is 3. The molecule has 0 saturated carbocycles. The summed E-state index contributed by atoms with van der Waals surface area (Å²) in [5, 5.41) is 3.61. The Kier molecular flexibility index (Phi) is 6.36. The second-order valence-electron chi connectivity index (χ2n) is 4.18. The number of amides is 1. The van der Waals surface area contributed by atoms with E-state index in [0.29, 0.717) is 28.7 Å². The smallest absolute Gasteiger partial charge is 0.253 e. The number of nitrogens with two attached hydrogens (primary N) is 1. The van der Waals surface area contributed by atoms with Crippen LogP contribution in [-0.2, 0) is 9.53 Å². The largest absolute Gasteiger partial charge is 0.364 e. The molecule has 2 rings (SSSR count). The molecule has 4 nitrogen and oxygen atoms in total. The summed E-state index contributed by atoms with van der Waals surface area (Å²) in [6.07, 6.45) is 1.05. The fraction of sp³-hybridized carbons (Fsp3) is 0.417. The van der Waals surface area contributed by atoms with Crippen LogP contribution in [0, 0.1) is 0 Å². The van der Waals surface area contributed by atoms with Gasteiger partial charge in [0.2, 0.25) is 0 Å². The zero-order valence-corrected chi connectivity index (χ0v) is 12.4. The van der Waals surface area contributed by atoms with E-state index >= 15 is 0 Å². The van der Waals surface area contributed by atoms with Gasteiger partial charge in [-0.25, -0.2) is 0 Å². The minimum Gasteiger partial charge on any atom is -0.364 e. The molecule has 0 aliphatic carbocycles. The SMILES string of the molecule is Cl.NC[C@H]1CC[C@@H](C(=O)Nc2ccc(Cl)c(Cl)c2)O1. The van der Waals surface area contributed by atoms with Crippen molar-refractivity contribution in [3.8, 4) is 0 Å². The van der Waals surface area contributed by atoms with E-state index in [4.69, 9.17) is 33.7 Å². The number of hydrogen-bond donors (Lipinski definition) is 2. The minimum absolute atomic E-state index is 0. The zero-order valence-electron chi connectivity index (χ0n) is 10.1. The van der Waals surface area contributed by atoms with Crippen LogP contribution < -0.4 is 11.1 Å². The molecule has 1 saturated heterocycles. The summed E-state index contributed by atoms with van der Waals surface area (Å²) in [7, 11) is 0. The predicted octanol–water partition coefficient (Wildman–Crippen LogP) is 2.86. The number of rotatable bonds is 3. The molecule has 106 valence electrons. The number of carbonyl (C=O) groups excluding carboxylic acids is 1. The highest BCUT2D eigenvalue weighted by Gasteiger charge is 2.29. The molecule has 2 atom stereocenters. The van der Waals surface area contributed by atoms with Gasteiger partial charge in [-0.1, -0.05) is 23.2 Å². The van der Waals surface area contributed by atoms with Gasteiger partial charge >= 0.3 is 0 Å². The molecule has 0 radical (unpaired) electrons. The Morgan fingerprint density at radius 2 is 2.11 bits per heavy atom. The van der Waals surface area contributed by atoms with Gasteiger partial charge in [-0.2, -0.15) is 0 Å². The van der Waals surface area contributed by atoms with Gasteiger partial charge in [0.15, 0.2) is 0 Å². The summed E-state index contributed by atoms with van der Waals surface area (Å²) in [5.41, 5.74) is 6.10. The normalized spacial score (nSPS) is 21.8. The third-order valence-electron chi connectivity index (χ3n) is 2.85. The van der Waals surface area contributed by atoms with Crippen LogP contribution in [0.3, 0.4) is 0 Å². The number of nitrogens with one attached hydrogen (secondary N) is 1. The molecular weight excluding hydrogens is 311 g/mol. The van der Waals surface area contributed by atoms with E-state index in [1.165, 1.54) is 0 Å². The lowest BCUT2D eigenvalue weighted by Gasteiger charge is -2.13. The standard InChI is InChI=1S/C12H14Cl2N2O2.ClH/c13-9-3-1-7(5-10(9)14)16-12(17)11-4-2-8(6-15)18-11;/h1,3,5,8,11H,2,4,6,15H2,(H,16,17);1H/t8-,11+;/m1./s1. The van der Waals surface area contributed by atoms with E-state index in [2.05, 4.69) is 5.32 Å². The van der Waals surface area contributed by atoms with Gasteiger partial charge in [0.25, 0.3) is 5.91 Å². The average Bonchev–Trinajstić information content (AvgIpc) is 2.82. The number of ether oxygens (including phenoxy) is 1. The summed E-state index contributed by atoms with van der Waals surface area (Å²) < 4.78 is 5.50. The highest BCUT2D eigenvalue weighted by Crippen LogP contribution is 2.26. The van der Waals surface area contributed by atoms with Crippen LogP contribution >= 0.6 is 35.6 Å². The van der Waals surface area contributed by atoms with Crippen molar-refractivity contribution in [1.82, 2.24) is 0 Å². The first-order valence-corrected chi connectivity index (χ1v) is 6.47. The van der Waals surface area contributed by atoms with Gasteiger partial charge in [-0.15, -0.1) is 12.4 Å². The molecule has 7 heteroatoms. The maximum absolute atomic E-state index is 11.9. The van der Waals surface area contributed by atoms with Crippen LogP contribution in [0.4, 0.5) is 5.69 Å². The second-order valence-corrected chi connectivity index (χ2v) is 4.99. The number of benzene rings is 1. The molecule has 0 spiro atoms. The van der Waals surface area contributed by atoms with Crippen molar-refractivity contribution < 1.29 is 9.53 Å². The Balaban J connectivity index is 0.00000180. The van der Waals surface area contributed by atoms with Gasteiger partial charge in [0.1, 0.15) is 6.10 Å². The van der Waals surface area contributed by atoms with Crippen LogP contribution in [0.1, 0.15) is 12.8 Å². The number of anilines is 1. The van der Waals surface area contributed by atoms with Crippen molar-refractivity contribution >= 4 is 47.2 Å². The van der Waals surface area contributed by atoms with Crippen LogP contribution in [0.2, 0.25) is 10.0 Å². The molecule has 0 aromatic heterocycles. The molecule has 1 fully saturated rings. The fourth-order valence-electron chi connectivity index (χ4n) is 1.87. The zero-order chi connectivity index (χ0) is 13.1. The number of hydrogen-bond acceptors (Lipinski definition) is 3. The first-order valence-electron chi connectivity index (χ1n) is 5.71. The summed E-state index contributed by atoms with van der Waals surface area (Å²) >= 11 is 11.7. The van der Waals surface area contributed by atoms with Crippen LogP contribution in [0.5, 0.6) is 0 Å². The highest BCUT2D eigenvalue weighted by atomic mass is 35.5. The van der Waals surface area contributed by atoms with Crippen LogP contribution in [-0.4, -0.2) is 24.7 Å². The molecule has 1 heterocycles. The van der Waals surface area contributed by atoms with E-state index < -0.39 is 6.10 Å². The third-order valence-corrected chi connectivity index (χ3v) is 3.59. The first-order chi connectivity index (χ1) is 8.60. The van der Waals surface area contributed by atoms with Crippen molar-refractivity contribution in [2.45, 2.75) is 25.0 Å². The molecule has 1 aliphatic heterocycles. The Morgan fingerprint density at radius 3 is 2.68 bits per heavy atom. The van der Waals surface area contributed by atoms with E-state index in [-0.39, 0.29) is 24.4 Å². The minimum atomic E-state index is -0.437. The highest BCUT2D eigenvalue weighted by molar-refractivity contribution is 6.42. The monoisotopic (exact) mass is 324 g/mol. The Labute approximate surface area is 128 Å². The molecule has 1 amide bonds. The molecule has 1 aliphatic rings. The molecule has 1 aromatic carbocycles. The predicted molar refractivity (Wildman–Crippen MR) is 79.3 cm³/mol. The molecule has 0 unspecified atom stereocenters. The molecule has 19 heavy (non-hydrogen) atoms. The van der Waals surface area contributed by atoms with E-state index in [1.54, 1.807) is 18.2 Å². The Bertz CT molecular complexity index is 457. The maximum atomic E-state index is 11.9. The topological polar surface area (TPSA) is 64.4 Å². The number of carbonyl (C=O) groups is 1. The Morgan fingerprint density at radius 1 is 1.37 bits per heavy atom. The van der Waals surface area contributed by atoms with E-state index in [1.807, 2.05) is 0 Å². The maximum Gasteiger partial charge on any atom is 0.253 e. The van der Waals surface area contributed by atoms with Crippen molar-refractivity contribution in [2.24, 2.45) is 5.73 Å². The van der Waals surface area contributed by atoms with Gasteiger partial charge < -0.3 is 15.8 Å². The Hall–Kier alpha value is -0.520. The van der Waals surface area contributed by atoms with Crippen molar-refractivity contribution in [3.05, 3.63) is 28.2 Å². The van der Waals surface area contributed by atoms with Crippen molar-refractivity contribution in [2.75, 3.05) is 11.9 Å². The summed E-state index contributed by atoms with van der Waals surface area (Å²) in [5.74, 6) is -0.177. The summed E-state index contributed by atoms with van der Waals surface area (Å²) in [6.45, 7) is 0.441. The van der Waals surface area contributed by atoms with E-state index in [0.717, 1.165) is 6.42 Å². The third kappa shape index (κ3) is 4.23. The van der Waals surface area contributed by atoms with Crippen LogP contribution in [0.15, 0.2) is 18.2 Å². The summed E-state index contributed by atoms with van der Waals surface area (Å²) in [6, 6.07) is 4.94. The first kappa shape index (κ1) is 16.5. The average molecular weight is 326 g/mol. The molecular formula is C12H15Cl3N2O2. The quantitative estimate of drug-likeness (QED) is 0.898.